The van der Waals surface area contributed by atoms with E-state index in [1.807, 2.05) is 43.3 Å². The number of nitrogens with zero attached hydrogens (tertiary/aromatic N) is 1. The zero-order chi connectivity index (χ0) is 25.0. The zero-order valence-electron chi connectivity index (χ0n) is 20.4. The van der Waals surface area contributed by atoms with Gasteiger partial charge in [-0.25, -0.2) is 13.1 Å². The van der Waals surface area contributed by atoms with Gasteiger partial charge in [-0.05, 0) is 49.9 Å². The van der Waals surface area contributed by atoms with E-state index >= 15 is 0 Å². The molecule has 0 bridgehead atoms. The molecule has 2 N–H and O–H groups in total. The average Bonchev–Trinajstić information content (AvgIpc) is 2.84. The summed E-state index contributed by atoms with van der Waals surface area (Å²) in [5, 5.41) is 4.22. The van der Waals surface area contributed by atoms with Crippen LogP contribution in [-0.2, 0) is 10.0 Å². The molecule has 0 spiro atoms. The summed E-state index contributed by atoms with van der Waals surface area (Å²) < 4.78 is 29.7. The number of hydrogen-bond acceptors (Lipinski definition) is 4. The number of likely N-dealkylation sites (tertiary alicyclic amines) is 1. The summed E-state index contributed by atoms with van der Waals surface area (Å²) in [6.07, 6.45) is 3.50. The minimum absolute atomic E-state index is 0.120. The lowest BCUT2D eigenvalue weighted by molar-refractivity contribution is 0.102. The maximum Gasteiger partial charge on any atom is 0.255 e. The van der Waals surface area contributed by atoms with Crippen molar-refractivity contribution in [3.63, 3.8) is 0 Å². The van der Waals surface area contributed by atoms with Crippen molar-refractivity contribution in [2.24, 2.45) is 0 Å². The summed E-state index contributed by atoms with van der Waals surface area (Å²) in [5.41, 5.74) is 3.17. The summed E-state index contributed by atoms with van der Waals surface area (Å²) in [6, 6.07) is 17.8. The highest BCUT2D eigenvalue weighted by atomic mass is 32.2. The van der Waals surface area contributed by atoms with Crippen LogP contribution in [0.25, 0.3) is 10.8 Å². The van der Waals surface area contributed by atoms with E-state index in [-0.39, 0.29) is 16.8 Å². The molecule has 1 fully saturated rings. The van der Waals surface area contributed by atoms with Gasteiger partial charge < -0.3 is 10.2 Å². The van der Waals surface area contributed by atoms with Gasteiger partial charge in [0.15, 0.2) is 0 Å². The number of nitrogens with one attached hydrogen (secondary N) is 2. The van der Waals surface area contributed by atoms with Crippen molar-refractivity contribution in [1.29, 1.82) is 0 Å². The standard InChI is InChI=1S/C28H33N3O3S/c1-4-9-21(3)31-18-16-22(17-19-31)30-35(33,34)27-15-14-26(24-12-7-8-13-25(24)27)29-28(32)23-11-6-5-10-20(23)2/h5-8,10-15,22,30H,3-4,9,16-19H2,1-2H3,(H,29,32). The highest BCUT2D eigenvalue weighted by Gasteiger charge is 2.26. The molecule has 4 rings (SSSR count). The van der Waals surface area contributed by atoms with Crippen molar-refractivity contribution in [2.45, 2.75) is 50.5 Å². The smallest absolute Gasteiger partial charge is 0.255 e. The Balaban J connectivity index is 1.55. The molecule has 3 aromatic carbocycles. The molecule has 0 unspecified atom stereocenters. The first kappa shape index (κ1) is 24.9. The molecule has 1 amide bonds. The van der Waals surface area contributed by atoms with Crippen molar-refractivity contribution in [2.75, 3.05) is 18.4 Å². The highest BCUT2D eigenvalue weighted by Crippen LogP contribution is 2.30. The highest BCUT2D eigenvalue weighted by molar-refractivity contribution is 7.89. The first-order valence-corrected chi connectivity index (χ1v) is 13.6. The monoisotopic (exact) mass is 491 g/mol. The van der Waals surface area contributed by atoms with Crippen LogP contribution in [0.15, 0.2) is 77.8 Å². The molecule has 0 saturated carbocycles. The van der Waals surface area contributed by atoms with Crippen LogP contribution in [0, 0.1) is 6.92 Å². The van der Waals surface area contributed by atoms with Crippen LogP contribution < -0.4 is 10.0 Å². The van der Waals surface area contributed by atoms with Crippen molar-refractivity contribution in [3.8, 4) is 0 Å². The second kappa shape index (κ2) is 10.6. The number of anilines is 1. The maximum atomic E-state index is 13.4. The third kappa shape index (κ3) is 5.57. The van der Waals surface area contributed by atoms with Crippen molar-refractivity contribution in [3.05, 3.63) is 84.1 Å². The Morgan fingerprint density at radius 3 is 2.34 bits per heavy atom. The SMILES string of the molecule is C=C(CCC)N1CCC(NS(=O)(=O)c2ccc(NC(=O)c3ccccc3C)c3ccccc23)CC1. The Kier molecular flexibility index (Phi) is 7.57. The van der Waals surface area contributed by atoms with Crippen LogP contribution in [0.2, 0.25) is 0 Å². The number of hydrogen-bond donors (Lipinski definition) is 2. The minimum atomic E-state index is -3.74. The second-order valence-corrected chi connectivity index (χ2v) is 10.8. The molecule has 1 heterocycles. The molecule has 1 aliphatic heterocycles. The Bertz CT molecular complexity index is 1340. The van der Waals surface area contributed by atoms with Gasteiger partial charge >= 0.3 is 0 Å². The quantitative estimate of drug-likeness (QED) is 0.439. The average molecular weight is 492 g/mol. The molecule has 0 aromatic heterocycles. The normalized spacial score (nSPS) is 14.7. The van der Waals surface area contributed by atoms with Crippen LogP contribution in [0.3, 0.4) is 0 Å². The molecule has 6 nitrogen and oxygen atoms in total. The summed E-state index contributed by atoms with van der Waals surface area (Å²) in [5.74, 6) is -0.224. The number of fused-ring (bicyclic) bond motifs is 1. The number of aryl methyl sites for hydroxylation is 1. The van der Waals surface area contributed by atoms with Crippen molar-refractivity contribution >= 4 is 32.4 Å². The first-order valence-electron chi connectivity index (χ1n) is 12.1. The van der Waals surface area contributed by atoms with Gasteiger partial charge in [-0.2, -0.15) is 0 Å². The van der Waals surface area contributed by atoms with Crippen molar-refractivity contribution in [1.82, 2.24) is 9.62 Å². The number of rotatable bonds is 8. The van der Waals surface area contributed by atoms with Gasteiger partial charge in [0.1, 0.15) is 0 Å². The third-order valence-electron chi connectivity index (χ3n) is 6.61. The van der Waals surface area contributed by atoms with E-state index in [0.29, 0.717) is 22.0 Å². The predicted octanol–water partition coefficient (Wildman–Crippen LogP) is 5.46. The third-order valence-corrected chi connectivity index (χ3v) is 8.19. The molecule has 1 aliphatic rings. The number of allylic oxidation sites excluding steroid dienone is 1. The Morgan fingerprint density at radius 2 is 1.66 bits per heavy atom. The second-order valence-electron chi connectivity index (χ2n) is 9.12. The molecular weight excluding hydrogens is 458 g/mol. The molecular formula is C28H33N3O3S. The number of carbonyl (C=O) groups is 1. The van der Waals surface area contributed by atoms with E-state index in [1.54, 1.807) is 24.3 Å². The van der Waals surface area contributed by atoms with Gasteiger partial charge in [0.05, 0.1) is 4.90 Å². The van der Waals surface area contributed by atoms with Crippen LogP contribution in [0.5, 0.6) is 0 Å². The number of benzene rings is 3. The van der Waals surface area contributed by atoms with E-state index in [0.717, 1.165) is 50.0 Å². The largest absolute Gasteiger partial charge is 0.375 e. The van der Waals surface area contributed by atoms with E-state index in [4.69, 9.17) is 0 Å². The number of sulfonamides is 1. The summed E-state index contributed by atoms with van der Waals surface area (Å²) >= 11 is 0. The van der Waals surface area contributed by atoms with E-state index in [9.17, 15) is 13.2 Å². The molecule has 0 aliphatic carbocycles. The molecule has 35 heavy (non-hydrogen) atoms. The van der Waals surface area contributed by atoms with E-state index < -0.39 is 10.0 Å². The van der Waals surface area contributed by atoms with Crippen LogP contribution in [0.1, 0.15) is 48.5 Å². The Labute approximate surface area is 208 Å². The fourth-order valence-electron chi connectivity index (χ4n) is 4.68. The number of carbonyl (C=O) groups excluding carboxylic acids is 1. The summed E-state index contributed by atoms with van der Waals surface area (Å²) in [6.45, 7) is 9.79. The molecule has 3 aromatic rings. The summed E-state index contributed by atoms with van der Waals surface area (Å²) in [4.78, 5) is 15.4. The van der Waals surface area contributed by atoms with E-state index in [1.165, 1.54) is 0 Å². The molecule has 7 heteroatoms. The van der Waals surface area contributed by atoms with Gasteiger partial charge in [-0.3, -0.25) is 4.79 Å². The van der Waals surface area contributed by atoms with Gasteiger partial charge in [0.25, 0.3) is 5.91 Å². The lowest BCUT2D eigenvalue weighted by atomic mass is 10.0. The molecule has 0 atom stereocenters. The fraction of sp³-hybridized carbons (Fsp3) is 0.321. The van der Waals surface area contributed by atoms with Gasteiger partial charge in [0, 0.05) is 46.9 Å². The van der Waals surface area contributed by atoms with Gasteiger partial charge in [0.2, 0.25) is 10.0 Å². The van der Waals surface area contributed by atoms with Gasteiger partial charge in [-0.1, -0.05) is 62.4 Å². The number of piperidine rings is 1. The minimum Gasteiger partial charge on any atom is -0.375 e. The van der Waals surface area contributed by atoms with Crippen LogP contribution in [0.4, 0.5) is 5.69 Å². The Morgan fingerprint density at radius 1 is 1.00 bits per heavy atom. The molecule has 0 radical (unpaired) electrons. The Hall–Kier alpha value is -3.16. The molecule has 184 valence electrons. The molecule has 1 saturated heterocycles. The van der Waals surface area contributed by atoms with E-state index in [2.05, 4.69) is 28.4 Å². The van der Waals surface area contributed by atoms with Crippen LogP contribution >= 0.6 is 0 Å². The lowest BCUT2D eigenvalue weighted by Crippen LogP contribution is -2.44. The van der Waals surface area contributed by atoms with Gasteiger partial charge in [-0.15, -0.1) is 0 Å². The lowest BCUT2D eigenvalue weighted by Gasteiger charge is -2.35. The summed E-state index contributed by atoms with van der Waals surface area (Å²) in [7, 11) is -3.74. The first-order chi connectivity index (χ1) is 16.8. The zero-order valence-corrected chi connectivity index (χ0v) is 21.2. The maximum absolute atomic E-state index is 13.4. The fourth-order valence-corrected chi connectivity index (χ4v) is 6.19. The topological polar surface area (TPSA) is 78.5 Å². The van der Waals surface area contributed by atoms with Crippen molar-refractivity contribution < 1.29 is 13.2 Å². The number of amides is 1. The van der Waals surface area contributed by atoms with Crippen LogP contribution in [-0.4, -0.2) is 38.4 Å². The predicted molar refractivity (Wildman–Crippen MR) is 142 cm³/mol.